The van der Waals surface area contributed by atoms with Gasteiger partial charge in [-0.2, -0.15) is 0 Å². The van der Waals surface area contributed by atoms with Crippen molar-refractivity contribution >= 4 is 21.6 Å². The summed E-state index contributed by atoms with van der Waals surface area (Å²) in [6.45, 7) is 6.53. The summed E-state index contributed by atoms with van der Waals surface area (Å²) in [5.41, 5.74) is 2.53. The van der Waals surface area contributed by atoms with E-state index in [0.29, 0.717) is 31.0 Å². The second kappa shape index (κ2) is 9.59. The molecule has 0 aromatic heterocycles. The van der Waals surface area contributed by atoms with E-state index in [4.69, 9.17) is 4.74 Å². The summed E-state index contributed by atoms with van der Waals surface area (Å²) in [5.74, 6) is 0.318. The van der Waals surface area contributed by atoms with Gasteiger partial charge in [-0.3, -0.25) is 9.10 Å². The molecule has 2 aromatic rings. The van der Waals surface area contributed by atoms with Crippen LogP contribution < -0.4 is 14.4 Å². The van der Waals surface area contributed by atoms with Gasteiger partial charge in [0.05, 0.1) is 18.6 Å². The van der Waals surface area contributed by atoms with Gasteiger partial charge in [0.15, 0.2) is 0 Å². The highest BCUT2D eigenvalue weighted by molar-refractivity contribution is 7.92. The molecular weight excluding hydrogens is 376 g/mol. The van der Waals surface area contributed by atoms with Crippen molar-refractivity contribution in [1.29, 1.82) is 0 Å². The van der Waals surface area contributed by atoms with Crippen LogP contribution >= 0.6 is 0 Å². The maximum absolute atomic E-state index is 12.8. The predicted molar refractivity (Wildman–Crippen MR) is 112 cm³/mol. The van der Waals surface area contributed by atoms with Crippen LogP contribution in [0.15, 0.2) is 48.5 Å². The van der Waals surface area contributed by atoms with Crippen molar-refractivity contribution < 1.29 is 17.9 Å². The summed E-state index contributed by atoms with van der Waals surface area (Å²) in [5, 5.41) is 2.85. The molecule has 0 bridgehead atoms. The average molecular weight is 405 g/mol. The van der Waals surface area contributed by atoms with Gasteiger partial charge in [-0.05, 0) is 50.1 Å². The zero-order chi connectivity index (χ0) is 20.7. The van der Waals surface area contributed by atoms with Crippen molar-refractivity contribution in [2.24, 2.45) is 0 Å². The summed E-state index contributed by atoms with van der Waals surface area (Å²) in [6, 6.07) is 13.7. The molecule has 6 nitrogen and oxygen atoms in total. The minimum Gasteiger partial charge on any atom is -0.494 e. The third-order valence-electron chi connectivity index (χ3n) is 4.32. The summed E-state index contributed by atoms with van der Waals surface area (Å²) in [4.78, 5) is 12.8. The number of carbonyl (C=O) groups is 1. The normalized spacial score (nSPS) is 12.3. The van der Waals surface area contributed by atoms with Crippen LogP contribution in [-0.2, 0) is 21.4 Å². The lowest BCUT2D eigenvalue weighted by Crippen LogP contribution is -2.49. The van der Waals surface area contributed by atoms with Gasteiger partial charge in [0, 0.05) is 6.54 Å². The number of anilines is 1. The Hall–Kier alpha value is -2.54. The number of benzene rings is 2. The lowest BCUT2D eigenvalue weighted by atomic mass is 10.1. The van der Waals surface area contributed by atoms with E-state index >= 15 is 0 Å². The van der Waals surface area contributed by atoms with Crippen LogP contribution in [0.4, 0.5) is 5.69 Å². The minimum absolute atomic E-state index is 0.331. The number of aryl methyl sites for hydroxylation is 1. The molecule has 2 aromatic carbocycles. The highest BCUT2D eigenvalue weighted by atomic mass is 32.2. The molecule has 0 heterocycles. The van der Waals surface area contributed by atoms with Crippen molar-refractivity contribution in [3.05, 3.63) is 59.7 Å². The van der Waals surface area contributed by atoms with Crippen LogP contribution in [-0.4, -0.2) is 33.2 Å². The predicted octanol–water partition coefficient (Wildman–Crippen LogP) is 3.25. The van der Waals surface area contributed by atoms with Gasteiger partial charge in [0.2, 0.25) is 15.9 Å². The van der Waals surface area contributed by atoms with Gasteiger partial charge >= 0.3 is 0 Å². The van der Waals surface area contributed by atoms with E-state index < -0.39 is 16.1 Å². The van der Waals surface area contributed by atoms with Crippen LogP contribution in [0.5, 0.6) is 5.75 Å². The Morgan fingerprint density at radius 2 is 1.68 bits per heavy atom. The Kier molecular flexibility index (Phi) is 7.45. The Morgan fingerprint density at radius 1 is 1.07 bits per heavy atom. The zero-order valence-electron chi connectivity index (χ0n) is 16.8. The van der Waals surface area contributed by atoms with Gasteiger partial charge in [-0.25, -0.2) is 8.42 Å². The van der Waals surface area contributed by atoms with Crippen LogP contribution in [0.1, 0.15) is 31.4 Å². The standard InChI is InChI=1S/C21H28N2O4S/c1-5-20(21(24)22-15-17-9-7-16(3)8-10-17)23(28(4,25)26)18-11-13-19(14-12-18)27-6-2/h7-14,20H,5-6,15H2,1-4H3,(H,22,24)/t20-/m1/s1. The molecule has 152 valence electrons. The Balaban J connectivity index is 2.21. The first-order chi connectivity index (χ1) is 13.3. The van der Waals surface area contributed by atoms with Crippen molar-refractivity contribution in [3.8, 4) is 5.75 Å². The lowest BCUT2D eigenvalue weighted by Gasteiger charge is -2.30. The Labute approximate surface area is 167 Å². The smallest absolute Gasteiger partial charge is 0.244 e. The molecule has 1 N–H and O–H groups in total. The number of hydrogen-bond acceptors (Lipinski definition) is 4. The van der Waals surface area contributed by atoms with Crippen LogP contribution in [0, 0.1) is 6.92 Å². The molecule has 1 amide bonds. The molecule has 2 rings (SSSR count). The summed E-state index contributed by atoms with van der Waals surface area (Å²) >= 11 is 0. The maximum atomic E-state index is 12.8. The van der Waals surface area contributed by atoms with E-state index in [2.05, 4.69) is 5.32 Å². The molecule has 1 atom stereocenters. The quantitative estimate of drug-likeness (QED) is 0.696. The molecule has 0 aliphatic carbocycles. The average Bonchev–Trinajstić information content (AvgIpc) is 2.65. The molecule has 0 aliphatic rings. The summed E-state index contributed by atoms with van der Waals surface area (Å²) in [6.07, 6.45) is 1.46. The highest BCUT2D eigenvalue weighted by Gasteiger charge is 2.31. The largest absolute Gasteiger partial charge is 0.494 e. The van der Waals surface area contributed by atoms with Crippen LogP contribution in [0.25, 0.3) is 0 Å². The fourth-order valence-corrected chi connectivity index (χ4v) is 4.14. The molecular formula is C21H28N2O4S. The third kappa shape index (κ3) is 5.73. The number of amides is 1. The topological polar surface area (TPSA) is 75.7 Å². The van der Waals surface area contributed by atoms with Crippen LogP contribution in [0.2, 0.25) is 0 Å². The molecule has 0 fully saturated rings. The first-order valence-electron chi connectivity index (χ1n) is 9.31. The molecule has 28 heavy (non-hydrogen) atoms. The molecule has 7 heteroatoms. The Morgan fingerprint density at radius 3 is 2.18 bits per heavy atom. The summed E-state index contributed by atoms with van der Waals surface area (Å²) in [7, 11) is -3.66. The lowest BCUT2D eigenvalue weighted by molar-refractivity contribution is -0.122. The van der Waals surface area contributed by atoms with Crippen molar-refractivity contribution in [3.63, 3.8) is 0 Å². The number of sulfonamides is 1. The molecule has 0 saturated heterocycles. The van der Waals surface area contributed by atoms with E-state index in [1.807, 2.05) is 38.1 Å². The fraction of sp³-hybridized carbons (Fsp3) is 0.381. The molecule has 0 aliphatic heterocycles. The van der Waals surface area contributed by atoms with Crippen molar-refractivity contribution in [2.75, 3.05) is 17.2 Å². The van der Waals surface area contributed by atoms with E-state index in [1.54, 1.807) is 31.2 Å². The third-order valence-corrected chi connectivity index (χ3v) is 5.50. The minimum atomic E-state index is -3.66. The van der Waals surface area contributed by atoms with E-state index in [9.17, 15) is 13.2 Å². The van der Waals surface area contributed by atoms with Gasteiger partial charge in [0.1, 0.15) is 11.8 Å². The number of ether oxygens (including phenoxy) is 1. The second-order valence-electron chi connectivity index (χ2n) is 6.61. The van der Waals surface area contributed by atoms with Crippen molar-refractivity contribution in [1.82, 2.24) is 5.32 Å². The number of rotatable bonds is 9. The fourth-order valence-electron chi connectivity index (χ4n) is 2.93. The first kappa shape index (κ1) is 21.8. The molecule has 0 unspecified atom stereocenters. The maximum Gasteiger partial charge on any atom is 0.244 e. The second-order valence-corrected chi connectivity index (χ2v) is 8.47. The SMILES string of the molecule is CCOc1ccc(N([C@H](CC)C(=O)NCc2ccc(C)cc2)S(C)(=O)=O)cc1. The molecule has 0 saturated carbocycles. The zero-order valence-corrected chi connectivity index (χ0v) is 17.6. The highest BCUT2D eigenvalue weighted by Crippen LogP contribution is 2.25. The number of hydrogen-bond donors (Lipinski definition) is 1. The van der Waals surface area contributed by atoms with E-state index in [1.165, 1.54) is 4.31 Å². The molecule has 0 radical (unpaired) electrons. The van der Waals surface area contributed by atoms with Gasteiger partial charge in [0.25, 0.3) is 0 Å². The number of nitrogens with zero attached hydrogens (tertiary/aromatic N) is 1. The van der Waals surface area contributed by atoms with Crippen LogP contribution in [0.3, 0.4) is 0 Å². The van der Waals surface area contributed by atoms with Gasteiger partial charge < -0.3 is 10.1 Å². The monoisotopic (exact) mass is 404 g/mol. The van der Waals surface area contributed by atoms with Crippen molar-refractivity contribution in [2.45, 2.75) is 39.8 Å². The van der Waals surface area contributed by atoms with Gasteiger partial charge in [-0.15, -0.1) is 0 Å². The first-order valence-corrected chi connectivity index (χ1v) is 11.2. The van der Waals surface area contributed by atoms with Gasteiger partial charge in [-0.1, -0.05) is 36.8 Å². The van der Waals surface area contributed by atoms with E-state index in [-0.39, 0.29) is 5.91 Å². The summed E-state index contributed by atoms with van der Waals surface area (Å²) < 4.78 is 31.5. The number of nitrogens with one attached hydrogen (secondary N) is 1. The Bertz CT molecular complexity index is 878. The molecule has 0 spiro atoms. The number of carbonyl (C=O) groups excluding carboxylic acids is 1. The van der Waals surface area contributed by atoms with E-state index in [0.717, 1.165) is 17.4 Å².